The zero-order chi connectivity index (χ0) is 17.5. The molecule has 0 aromatic carbocycles. The molecule has 3 rings (SSSR count). The number of hydrogen-bond donors (Lipinski definition) is 1. The summed E-state index contributed by atoms with van der Waals surface area (Å²) in [5, 5.41) is 2.99. The highest BCUT2D eigenvalue weighted by molar-refractivity contribution is 5.89. The molecule has 8 nitrogen and oxygen atoms in total. The maximum absolute atomic E-state index is 12.3. The Kier molecular flexibility index (Phi) is 7.03. The van der Waals surface area contributed by atoms with Crippen LogP contribution in [0.2, 0.25) is 0 Å². The van der Waals surface area contributed by atoms with Gasteiger partial charge in [-0.2, -0.15) is 0 Å². The Labute approximate surface area is 149 Å². The van der Waals surface area contributed by atoms with Crippen LogP contribution in [0.15, 0.2) is 0 Å². The molecule has 25 heavy (non-hydrogen) atoms. The van der Waals surface area contributed by atoms with Crippen molar-refractivity contribution in [3.05, 3.63) is 0 Å². The number of carbonyl (C=O) groups excluding carboxylic acids is 2. The first-order valence-corrected chi connectivity index (χ1v) is 9.38. The third-order valence-corrected chi connectivity index (χ3v) is 5.21. The number of ether oxygens (including phenoxy) is 2. The summed E-state index contributed by atoms with van der Waals surface area (Å²) in [6, 6.07) is 0. The van der Waals surface area contributed by atoms with Gasteiger partial charge < -0.3 is 19.7 Å². The lowest BCUT2D eigenvalue weighted by Gasteiger charge is -2.28. The molecule has 3 aliphatic rings. The van der Waals surface area contributed by atoms with Crippen molar-refractivity contribution in [1.29, 1.82) is 0 Å². The lowest BCUT2D eigenvalue weighted by molar-refractivity contribution is -0.129. The first-order chi connectivity index (χ1) is 12.2. The maximum atomic E-state index is 12.3. The minimum atomic E-state index is -0.207. The largest absolute Gasteiger partial charge is 0.379 e. The van der Waals surface area contributed by atoms with Gasteiger partial charge in [-0.3, -0.25) is 19.4 Å². The van der Waals surface area contributed by atoms with Gasteiger partial charge >= 0.3 is 0 Å². The molecule has 8 heteroatoms. The molecule has 3 fully saturated rings. The van der Waals surface area contributed by atoms with Crippen LogP contribution in [-0.2, 0) is 19.1 Å². The summed E-state index contributed by atoms with van der Waals surface area (Å²) >= 11 is 0. The molecular weight excluding hydrogens is 324 g/mol. The number of amides is 2. The second kappa shape index (κ2) is 9.47. The van der Waals surface area contributed by atoms with Crippen molar-refractivity contribution in [2.75, 3.05) is 85.3 Å². The Morgan fingerprint density at radius 1 is 0.960 bits per heavy atom. The molecular formula is C17H30N4O4. The van der Waals surface area contributed by atoms with Gasteiger partial charge in [0.25, 0.3) is 0 Å². The van der Waals surface area contributed by atoms with Gasteiger partial charge in [-0.05, 0) is 0 Å². The fraction of sp³-hybridized carbons (Fsp3) is 0.882. The summed E-state index contributed by atoms with van der Waals surface area (Å²) in [5.41, 5.74) is 0. The molecule has 0 aromatic heterocycles. The SMILES string of the molecule is O=C(NCCN1CCOCC1)C1CC(=O)N(CCN2CCOCC2)C1. The Balaban J connectivity index is 1.33. The van der Waals surface area contributed by atoms with Crippen LogP contribution in [0.5, 0.6) is 0 Å². The molecule has 3 heterocycles. The smallest absolute Gasteiger partial charge is 0.225 e. The minimum absolute atomic E-state index is 0.00971. The second-order valence-electron chi connectivity index (χ2n) is 6.94. The minimum Gasteiger partial charge on any atom is -0.379 e. The number of hydrogen-bond acceptors (Lipinski definition) is 6. The third kappa shape index (κ3) is 5.64. The van der Waals surface area contributed by atoms with Crippen LogP contribution < -0.4 is 5.32 Å². The van der Waals surface area contributed by atoms with Gasteiger partial charge in [-0.15, -0.1) is 0 Å². The predicted molar refractivity (Wildman–Crippen MR) is 92.2 cm³/mol. The molecule has 1 N–H and O–H groups in total. The summed E-state index contributed by atoms with van der Waals surface area (Å²) < 4.78 is 10.7. The van der Waals surface area contributed by atoms with E-state index in [0.29, 0.717) is 26.1 Å². The monoisotopic (exact) mass is 354 g/mol. The van der Waals surface area contributed by atoms with E-state index in [9.17, 15) is 9.59 Å². The van der Waals surface area contributed by atoms with Gasteiger partial charge in [0.15, 0.2) is 0 Å². The Hall–Kier alpha value is -1.22. The van der Waals surface area contributed by atoms with Gasteiger partial charge in [0.1, 0.15) is 0 Å². The van der Waals surface area contributed by atoms with E-state index in [1.165, 1.54) is 0 Å². The average Bonchev–Trinajstić information content (AvgIpc) is 3.02. The predicted octanol–water partition coefficient (Wildman–Crippen LogP) is -1.38. The molecule has 0 saturated carbocycles. The van der Waals surface area contributed by atoms with Crippen molar-refractivity contribution in [3.8, 4) is 0 Å². The average molecular weight is 354 g/mol. The molecule has 0 spiro atoms. The quantitative estimate of drug-likeness (QED) is 0.607. The third-order valence-electron chi connectivity index (χ3n) is 5.21. The molecule has 3 aliphatic heterocycles. The van der Waals surface area contributed by atoms with Crippen LogP contribution in [0.1, 0.15) is 6.42 Å². The first-order valence-electron chi connectivity index (χ1n) is 9.38. The summed E-state index contributed by atoms with van der Waals surface area (Å²) in [4.78, 5) is 30.9. The molecule has 3 saturated heterocycles. The Morgan fingerprint density at radius 2 is 1.56 bits per heavy atom. The summed E-state index contributed by atoms with van der Waals surface area (Å²) in [6.07, 6.45) is 0.340. The van der Waals surface area contributed by atoms with E-state index in [0.717, 1.165) is 65.7 Å². The van der Waals surface area contributed by atoms with Gasteiger partial charge in [0.2, 0.25) is 11.8 Å². The van der Waals surface area contributed by atoms with E-state index >= 15 is 0 Å². The van der Waals surface area contributed by atoms with Crippen molar-refractivity contribution in [2.24, 2.45) is 5.92 Å². The van der Waals surface area contributed by atoms with E-state index in [4.69, 9.17) is 9.47 Å². The van der Waals surface area contributed by atoms with Crippen molar-refractivity contribution >= 4 is 11.8 Å². The van der Waals surface area contributed by atoms with E-state index in [1.807, 2.05) is 4.90 Å². The maximum Gasteiger partial charge on any atom is 0.225 e. The molecule has 0 radical (unpaired) electrons. The van der Waals surface area contributed by atoms with Crippen molar-refractivity contribution in [1.82, 2.24) is 20.0 Å². The van der Waals surface area contributed by atoms with E-state index in [-0.39, 0.29) is 17.7 Å². The second-order valence-corrected chi connectivity index (χ2v) is 6.94. The topological polar surface area (TPSA) is 74.4 Å². The molecule has 1 atom stereocenters. The highest BCUT2D eigenvalue weighted by atomic mass is 16.5. The number of morpholine rings is 2. The Morgan fingerprint density at radius 3 is 2.20 bits per heavy atom. The number of nitrogens with zero attached hydrogens (tertiary/aromatic N) is 3. The zero-order valence-electron chi connectivity index (χ0n) is 15.0. The zero-order valence-corrected chi connectivity index (χ0v) is 15.0. The van der Waals surface area contributed by atoms with E-state index < -0.39 is 0 Å². The molecule has 2 amide bonds. The van der Waals surface area contributed by atoms with Crippen LogP contribution in [0.25, 0.3) is 0 Å². The normalized spacial score (nSPS) is 26.2. The van der Waals surface area contributed by atoms with Crippen molar-refractivity contribution < 1.29 is 19.1 Å². The van der Waals surface area contributed by atoms with Crippen LogP contribution in [0.3, 0.4) is 0 Å². The number of carbonyl (C=O) groups is 2. The van der Waals surface area contributed by atoms with Crippen LogP contribution in [0.4, 0.5) is 0 Å². The molecule has 0 bridgehead atoms. The summed E-state index contributed by atoms with van der Waals surface area (Å²) in [6.45, 7) is 10.4. The van der Waals surface area contributed by atoms with E-state index in [2.05, 4.69) is 15.1 Å². The highest BCUT2D eigenvalue weighted by Gasteiger charge is 2.34. The fourth-order valence-corrected chi connectivity index (χ4v) is 3.56. The highest BCUT2D eigenvalue weighted by Crippen LogP contribution is 2.17. The van der Waals surface area contributed by atoms with Crippen molar-refractivity contribution in [2.45, 2.75) is 6.42 Å². The Bertz CT molecular complexity index is 450. The van der Waals surface area contributed by atoms with Gasteiger partial charge in [-0.1, -0.05) is 0 Å². The summed E-state index contributed by atoms with van der Waals surface area (Å²) in [5.74, 6) is -0.0982. The molecule has 0 aromatic rings. The first kappa shape index (κ1) is 18.6. The van der Waals surface area contributed by atoms with Gasteiger partial charge in [0, 0.05) is 65.3 Å². The van der Waals surface area contributed by atoms with Gasteiger partial charge in [0.05, 0.1) is 32.3 Å². The molecule has 1 unspecified atom stereocenters. The van der Waals surface area contributed by atoms with Crippen LogP contribution >= 0.6 is 0 Å². The van der Waals surface area contributed by atoms with Crippen LogP contribution in [-0.4, -0.2) is 112 Å². The number of nitrogens with one attached hydrogen (secondary N) is 1. The lowest BCUT2D eigenvalue weighted by atomic mass is 10.1. The molecule has 0 aliphatic carbocycles. The van der Waals surface area contributed by atoms with E-state index in [1.54, 1.807) is 0 Å². The standard InChI is InChI=1S/C17H30N4O4/c22-16-13-15(14-21(16)4-3-20-7-11-25-12-8-20)17(23)18-1-2-19-5-9-24-10-6-19/h15H,1-14H2,(H,18,23). The van der Waals surface area contributed by atoms with Crippen molar-refractivity contribution in [3.63, 3.8) is 0 Å². The lowest BCUT2D eigenvalue weighted by Crippen LogP contribution is -2.43. The van der Waals surface area contributed by atoms with Crippen LogP contribution in [0, 0.1) is 5.92 Å². The summed E-state index contributed by atoms with van der Waals surface area (Å²) in [7, 11) is 0. The number of rotatable bonds is 7. The fourth-order valence-electron chi connectivity index (χ4n) is 3.56. The number of likely N-dealkylation sites (tertiary alicyclic amines) is 1. The molecule has 142 valence electrons. The van der Waals surface area contributed by atoms with Gasteiger partial charge in [-0.25, -0.2) is 0 Å².